The van der Waals surface area contributed by atoms with E-state index in [4.69, 9.17) is 5.11 Å². The molecule has 0 amide bonds. The molecule has 1 atom stereocenters. The first-order chi connectivity index (χ1) is 5.94. The number of methoxy groups -OCH3 is 1. The van der Waals surface area contributed by atoms with Gasteiger partial charge in [-0.2, -0.15) is 0 Å². The second-order valence-corrected chi connectivity index (χ2v) is 3.84. The van der Waals surface area contributed by atoms with Gasteiger partial charge in [-0.15, -0.1) is 0 Å². The number of ether oxygens (including phenoxy) is 1. The van der Waals surface area contributed by atoms with Crippen molar-refractivity contribution < 1.29 is 14.6 Å². The van der Waals surface area contributed by atoms with E-state index in [1.165, 1.54) is 7.11 Å². The van der Waals surface area contributed by atoms with Crippen LogP contribution in [0.5, 0.6) is 0 Å². The van der Waals surface area contributed by atoms with E-state index in [2.05, 4.69) is 10.1 Å². The topological polar surface area (TPSA) is 58.6 Å². The Balaban J connectivity index is 3.95. The van der Waals surface area contributed by atoms with Gasteiger partial charge in [0.05, 0.1) is 19.1 Å². The van der Waals surface area contributed by atoms with Crippen molar-refractivity contribution in [3.8, 4) is 0 Å². The molecule has 0 rings (SSSR count). The third-order valence-electron chi connectivity index (χ3n) is 1.90. The average Bonchev–Trinajstić information content (AvgIpc) is 2.12. The van der Waals surface area contributed by atoms with E-state index in [-0.39, 0.29) is 18.6 Å². The lowest BCUT2D eigenvalue weighted by molar-refractivity contribution is -0.150. The minimum Gasteiger partial charge on any atom is -0.469 e. The minimum absolute atomic E-state index is 0.00364. The van der Waals surface area contributed by atoms with Crippen molar-refractivity contribution in [3.63, 3.8) is 0 Å². The Kier molecular flexibility index (Phi) is 4.95. The van der Waals surface area contributed by atoms with E-state index in [0.717, 1.165) is 0 Å². The summed E-state index contributed by atoms with van der Waals surface area (Å²) in [5, 5.41) is 11.8. The van der Waals surface area contributed by atoms with Crippen molar-refractivity contribution in [1.82, 2.24) is 5.32 Å². The van der Waals surface area contributed by atoms with Gasteiger partial charge in [0.25, 0.3) is 0 Å². The van der Waals surface area contributed by atoms with Gasteiger partial charge < -0.3 is 15.2 Å². The van der Waals surface area contributed by atoms with E-state index < -0.39 is 5.41 Å². The van der Waals surface area contributed by atoms with Crippen LogP contribution >= 0.6 is 0 Å². The van der Waals surface area contributed by atoms with Crippen LogP contribution in [0.2, 0.25) is 0 Å². The number of carbonyl (C=O) groups excluding carboxylic acids is 1. The first kappa shape index (κ1) is 12.4. The molecule has 0 bridgehead atoms. The average molecular weight is 189 g/mol. The van der Waals surface area contributed by atoms with Crippen molar-refractivity contribution >= 4 is 5.97 Å². The molecule has 0 heterocycles. The first-order valence-electron chi connectivity index (χ1n) is 4.36. The second kappa shape index (κ2) is 5.19. The lowest BCUT2D eigenvalue weighted by atomic mass is 9.93. The highest BCUT2D eigenvalue weighted by atomic mass is 16.5. The van der Waals surface area contributed by atoms with E-state index in [1.54, 1.807) is 13.8 Å². The van der Waals surface area contributed by atoms with Gasteiger partial charge in [0, 0.05) is 12.6 Å². The molecule has 0 fully saturated rings. The number of esters is 1. The van der Waals surface area contributed by atoms with Gasteiger partial charge >= 0.3 is 5.97 Å². The number of aliphatic hydroxyl groups excluding tert-OH is 1. The fourth-order valence-electron chi connectivity index (χ4n) is 0.842. The molecule has 0 aromatic carbocycles. The lowest BCUT2D eigenvalue weighted by Gasteiger charge is -2.23. The number of carbonyl (C=O) groups is 1. The van der Waals surface area contributed by atoms with Gasteiger partial charge in [-0.05, 0) is 20.8 Å². The number of hydrogen-bond acceptors (Lipinski definition) is 4. The van der Waals surface area contributed by atoms with E-state index in [9.17, 15) is 4.79 Å². The largest absolute Gasteiger partial charge is 0.469 e. The summed E-state index contributed by atoms with van der Waals surface area (Å²) in [6.07, 6.45) is 0. The third-order valence-corrected chi connectivity index (χ3v) is 1.90. The molecule has 0 aromatic rings. The minimum atomic E-state index is -0.543. The highest BCUT2D eigenvalue weighted by Gasteiger charge is 2.28. The highest BCUT2D eigenvalue weighted by Crippen LogP contribution is 2.15. The zero-order valence-corrected chi connectivity index (χ0v) is 8.76. The summed E-state index contributed by atoms with van der Waals surface area (Å²) >= 11 is 0. The van der Waals surface area contributed by atoms with Crippen LogP contribution in [0.15, 0.2) is 0 Å². The number of aliphatic hydroxyl groups is 1. The van der Waals surface area contributed by atoms with Crippen LogP contribution in [0, 0.1) is 5.41 Å². The molecule has 0 aliphatic rings. The monoisotopic (exact) mass is 189 g/mol. The molecule has 0 radical (unpaired) electrons. The van der Waals surface area contributed by atoms with Gasteiger partial charge in [0.1, 0.15) is 0 Å². The van der Waals surface area contributed by atoms with Crippen LogP contribution < -0.4 is 5.32 Å². The van der Waals surface area contributed by atoms with Gasteiger partial charge in [-0.3, -0.25) is 4.79 Å². The molecule has 4 nitrogen and oxygen atoms in total. The summed E-state index contributed by atoms with van der Waals surface area (Å²) in [4.78, 5) is 11.2. The number of hydrogen-bond donors (Lipinski definition) is 2. The zero-order chi connectivity index (χ0) is 10.5. The maximum atomic E-state index is 11.2. The smallest absolute Gasteiger partial charge is 0.312 e. The van der Waals surface area contributed by atoms with Gasteiger partial charge in [-0.1, -0.05) is 0 Å². The molecule has 0 saturated heterocycles. The second-order valence-electron chi connectivity index (χ2n) is 3.84. The molecule has 0 aromatic heterocycles. The fourth-order valence-corrected chi connectivity index (χ4v) is 0.842. The highest BCUT2D eigenvalue weighted by molar-refractivity contribution is 5.76. The normalized spacial score (nSPS) is 13.9. The summed E-state index contributed by atoms with van der Waals surface area (Å²) in [5.41, 5.74) is -0.543. The quantitative estimate of drug-likeness (QED) is 0.605. The van der Waals surface area contributed by atoms with E-state index in [1.807, 2.05) is 6.92 Å². The predicted molar refractivity (Wildman–Crippen MR) is 50.3 cm³/mol. The SMILES string of the molecule is COC(=O)C(C)(C)CNC(C)CO. The summed E-state index contributed by atoms with van der Waals surface area (Å²) < 4.78 is 4.64. The Hall–Kier alpha value is -0.610. The lowest BCUT2D eigenvalue weighted by Crippen LogP contribution is -2.41. The summed E-state index contributed by atoms with van der Waals surface area (Å²) in [7, 11) is 1.37. The van der Waals surface area contributed by atoms with Crippen molar-refractivity contribution in [2.75, 3.05) is 20.3 Å². The van der Waals surface area contributed by atoms with Crippen molar-refractivity contribution in [2.45, 2.75) is 26.8 Å². The molecule has 0 aliphatic heterocycles. The Morgan fingerprint density at radius 2 is 2.15 bits per heavy atom. The van der Waals surface area contributed by atoms with Gasteiger partial charge in [0.15, 0.2) is 0 Å². The van der Waals surface area contributed by atoms with Gasteiger partial charge in [-0.25, -0.2) is 0 Å². The Labute approximate surface area is 79.3 Å². The summed E-state index contributed by atoms with van der Waals surface area (Å²) in [6, 6.07) is 0.00364. The molecule has 0 spiro atoms. The number of rotatable bonds is 5. The maximum Gasteiger partial charge on any atom is 0.312 e. The molecule has 0 aliphatic carbocycles. The Morgan fingerprint density at radius 1 is 1.62 bits per heavy atom. The third kappa shape index (κ3) is 4.24. The van der Waals surface area contributed by atoms with Crippen LogP contribution in [-0.2, 0) is 9.53 Å². The van der Waals surface area contributed by atoms with Crippen LogP contribution in [-0.4, -0.2) is 37.4 Å². The van der Waals surface area contributed by atoms with Crippen LogP contribution in [0.3, 0.4) is 0 Å². The molecular weight excluding hydrogens is 170 g/mol. The zero-order valence-electron chi connectivity index (χ0n) is 8.76. The summed E-state index contributed by atoms with van der Waals surface area (Å²) in [6.45, 7) is 6.03. The summed E-state index contributed by atoms with van der Waals surface area (Å²) in [5.74, 6) is -0.245. The molecule has 2 N–H and O–H groups in total. The Bertz CT molecular complexity index is 168. The van der Waals surface area contributed by atoms with Crippen LogP contribution in [0.4, 0.5) is 0 Å². The van der Waals surface area contributed by atoms with Crippen molar-refractivity contribution in [3.05, 3.63) is 0 Å². The molecule has 78 valence electrons. The molecule has 1 unspecified atom stereocenters. The molecule has 13 heavy (non-hydrogen) atoms. The predicted octanol–water partition coefficient (Wildman–Crippen LogP) is 0.156. The maximum absolute atomic E-state index is 11.2. The van der Waals surface area contributed by atoms with Crippen molar-refractivity contribution in [1.29, 1.82) is 0 Å². The molecule has 0 saturated carbocycles. The molecule has 4 heteroatoms. The first-order valence-corrected chi connectivity index (χ1v) is 4.36. The standard InChI is InChI=1S/C9H19NO3/c1-7(5-11)10-6-9(2,3)8(12)13-4/h7,10-11H,5-6H2,1-4H3. The van der Waals surface area contributed by atoms with Gasteiger partial charge in [0.2, 0.25) is 0 Å². The van der Waals surface area contributed by atoms with E-state index >= 15 is 0 Å². The van der Waals surface area contributed by atoms with Crippen LogP contribution in [0.1, 0.15) is 20.8 Å². The Morgan fingerprint density at radius 3 is 2.54 bits per heavy atom. The number of nitrogens with one attached hydrogen (secondary N) is 1. The van der Waals surface area contributed by atoms with Crippen LogP contribution in [0.25, 0.3) is 0 Å². The fraction of sp³-hybridized carbons (Fsp3) is 0.889. The van der Waals surface area contributed by atoms with E-state index in [0.29, 0.717) is 6.54 Å². The van der Waals surface area contributed by atoms with Crippen molar-refractivity contribution in [2.24, 2.45) is 5.41 Å². The molecular formula is C9H19NO3.